The highest BCUT2D eigenvalue weighted by atomic mass is 79.9. The van der Waals surface area contributed by atoms with Crippen LogP contribution in [-0.4, -0.2) is 7.11 Å². The van der Waals surface area contributed by atoms with E-state index in [-0.39, 0.29) is 0 Å². The average Bonchev–Trinajstić information content (AvgIpc) is 2.47. The third-order valence-electron chi connectivity index (χ3n) is 2.98. The van der Waals surface area contributed by atoms with Crippen molar-refractivity contribution in [3.8, 4) is 17.1 Å². The third-order valence-corrected chi connectivity index (χ3v) is 3.47. The molecule has 3 heteroatoms. The summed E-state index contributed by atoms with van der Waals surface area (Å²) in [5.74, 6) is 1.69. The van der Waals surface area contributed by atoms with Gasteiger partial charge >= 0.3 is 11.3 Å². The fourth-order valence-electron chi connectivity index (χ4n) is 1.97. The van der Waals surface area contributed by atoms with Crippen LogP contribution in [0.2, 0.25) is 0 Å². The molecule has 0 saturated heterocycles. The summed E-state index contributed by atoms with van der Waals surface area (Å²) in [4.78, 5) is 0. The standard InChI is InChI=1S/C16H12BrO2/c1-18-14-6-2-11(3-7-14)15-8-4-12-10-13(17)5-9-16(12)19-15/h2-10H,1H3/q+1. The van der Waals surface area contributed by atoms with Gasteiger partial charge in [0.2, 0.25) is 0 Å². The minimum atomic E-state index is 0.841. The van der Waals surface area contributed by atoms with Crippen LogP contribution in [0.25, 0.3) is 22.3 Å². The van der Waals surface area contributed by atoms with Crippen molar-refractivity contribution in [3.05, 3.63) is 59.1 Å². The summed E-state index contributed by atoms with van der Waals surface area (Å²) in [6.45, 7) is 0. The number of fused-ring (bicyclic) bond motifs is 1. The van der Waals surface area contributed by atoms with Crippen molar-refractivity contribution in [2.75, 3.05) is 7.11 Å². The molecule has 0 bridgehead atoms. The number of methoxy groups -OCH3 is 1. The predicted molar refractivity (Wildman–Crippen MR) is 80.3 cm³/mol. The van der Waals surface area contributed by atoms with Crippen LogP contribution in [0.3, 0.4) is 0 Å². The van der Waals surface area contributed by atoms with E-state index in [0.29, 0.717) is 0 Å². The molecule has 3 aromatic rings. The highest BCUT2D eigenvalue weighted by Gasteiger charge is 2.14. The van der Waals surface area contributed by atoms with Gasteiger partial charge in [-0.3, -0.25) is 0 Å². The van der Waals surface area contributed by atoms with E-state index in [1.807, 2.05) is 48.5 Å². The molecule has 0 fully saturated rings. The summed E-state index contributed by atoms with van der Waals surface area (Å²) in [5.41, 5.74) is 1.90. The Labute approximate surface area is 119 Å². The molecule has 94 valence electrons. The first kappa shape index (κ1) is 12.2. The summed E-state index contributed by atoms with van der Waals surface area (Å²) in [6, 6.07) is 17.9. The largest absolute Gasteiger partial charge is 0.497 e. The van der Waals surface area contributed by atoms with Crippen LogP contribution in [0.5, 0.6) is 5.75 Å². The molecular formula is C16H12BrO2+. The van der Waals surface area contributed by atoms with Crippen LogP contribution >= 0.6 is 15.9 Å². The lowest BCUT2D eigenvalue weighted by atomic mass is 10.1. The highest BCUT2D eigenvalue weighted by Crippen LogP contribution is 2.27. The van der Waals surface area contributed by atoms with E-state index >= 15 is 0 Å². The highest BCUT2D eigenvalue weighted by molar-refractivity contribution is 9.10. The first-order valence-corrected chi connectivity index (χ1v) is 6.72. The number of rotatable bonds is 2. The van der Waals surface area contributed by atoms with Crippen LogP contribution in [0.15, 0.2) is 63.5 Å². The minimum absolute atomic E-state index is 0.841. The van der Waals surface area contributed by atoms with Crippen LogP contribution in [-0.2, 0) is 0 Å². The van der Waals surface area contributed by atoms with Crippen molar-refractivity contribution in [3.63, 3.8) is 0 Å². The van der Waals surface area contributed by atoms with E-state index < -0.39 is 0 Å². The van der Waals surface area contributed by atoms with Crippen LogP contribution in [0.4, 0.5) is 0 Å². The van der Waals surface area contributed by atoms with Gasteiger partial charge in [-0.25, -0.2) is 4.42 Å². The summed E-state index contributed by atoms with van der Waals surface area (Å²) in [7, 11) is 1.66. The number of ether oxygens (including phenoxy) is 1. The summed E-state index contributed by atoms with van der Waals surface area (Å²) in [5, 5.41) is 1.08. The van der Waals surface area contributed by atoms with Gasteiger partial charge in [-0.15, -0.1) is 0 Å². The molecule has 2 nitrogen and oxygen atoms in total. The molecular weight excluding hydrogens is 304 g/mol. The second kappa shape index (κ2) is 5.02. The van der Waals surface area contributed by atoms with E-state index in [0.717, 1.165) is 32.5 Å². The smallest absolute Gasteiger partial charge is 0.360 e. The Morgan fingerprint density at radius 2 is 1.74 bits per heavy atom. The Kier molecular flexibility index (Phi) is 3.22. The molecule has 2 aromatic carbocycles. The van der Waals surface area contributed by atoms with E-state index in [2.05, 4.69) is 22.0 Å². The maximum atomic E-state index is 5.91. The zero-order chi connectivity index (χ0) is 13.2. The summed E-state index contributed by atoms with van der Waals surface area (Å²) < 4.78 is 12.1. The van der Waals surface area contributed by atoms with Gasteiger partial charge in [0.25, 0.3) is 0 Å². The minimum Gasteiger partial charge on any atom is -0.497 e. The average molecular weight is 316 g/mol. The van der Waals surface area contributed by atoms with Crippen LogP contribution in [0, 0.1) is 0 Å². The lowest BCUT2D eigenvalue weighted by molar-refractivity contribution is 0.415. The Balaban J connectivity index is 2.06. The molecule has 0 aliphatic rings. The fraction of sp³-hybridized carbons (Fsp3) is 0.0625. The zero-order valence-electron chi connectivity index (χ0n) is 10.4. The van der Waals surface area contributed by atoms with Crippen molar-refractivity contribution in [1.29, 1.82) is 0 Å². The fourth-order valence-corrected chi connectivity index (χ4v) is 2.35. The first-order chi connectivity index (χ1) is 9.26. The lowest BCUT2D eigenvalue weighted by Crippen LogP contribution is -1.83. The summed E-state index contributed by atoms with van der Waals surface area (Å²) >= 11 is 3.46. The molecule has 0 spiro atoms. The van der Waals surface area contributed by atoms with Gasteiger partial charge in [-0.1, -0.05) is 15.9 Å². The van der Waals surface area contributed by atoms with Gasteiger partial charge in [-0.2, -0.15) is 0 Å². The van der Waals surface area contributed by atoms with Crippen molar-refractivity contribution in [2.45, 2.75) is 0 Å². The van der Waals surface area contributed by atoms with Crippen molar-refractivity contribution >= 4 is 26.9 Å². The molecule has 3 rings (SSSR count). The van der Waals surface area contributed by atoms with Gasteiger partial charge in [0.05, 0.1) is 18.1 Å². The lowest BCUT2D eigenvalue weighted by Gasteiger charge is -1.98. The van der Waals surface area contributed by atoms with Crippen molar-refractivity contribution < 1.29 is 9.15 Å². The molecule has 0 aliphatic carbocycles. The third kappa shape index (κ3) is 2.47. The quantitative estimate of drug-likeness (QED) is 0.609. The normalized spacial score (nSPS) is 10.6. The summed E-state index contributed by atoms with van der Waals surface area (Å²) in [6.07, 6.45) is 0. The molecule has 0 unspecified atom stereocenters. The molecule has 1 aromatic heterocycles. The van der Waals surface area contributed by atoms with Gasteiger partial charge in [-0.05, 0) is 42.5 Å². The second-order valence-corrected chi connectivity index (χ2v) is 5.13. The molecule has 0 aliphatic heterocycles. The van der Waals surface area contributed by atoms with Crippen molar-refractivity contribution in [1.82, 2.24) is 0 Å². The monoisotopic (exact) mass is 315 g/mol. The Morgan fingerprint density at radius 1 is 0.947 bits per heavy atom. The van der Waals surface area contributed by atoms with Gasteiger partial charge in [0.1, 0.15) is 5.75 Å². The Morgan fingerprint density at radius 3 is 2.47 bits per heavy atom. The Hall–Kier alpha value is -1.87. The van der Waals surface area contributed by atoms with Gasteiger partial charge in [0.15, 0.2) is 0 Å². The molecule has 19 heavy (non-hydrogen) atoms. The maximum absolute atomic E-state index is 5.91. The SMILES string of the molecule is COc1ccc(-c2ccc3cc(Br)ccc3[o+]2)cc1. The van der Waals surface area contributed by atoms with E-state index in [1.54, 1.807) is 7.11 Å². The number of hydrogen-bond acceptors (Lipinski definition) is 1. The zero-order valence-corrected chi connectivity index (χ0v) is 12.0. The maximum Gasteiger partial charge on any atom is 0.360 e. The second-order valence-electron chi connectivity index (χ2n) is 4.21. The van der Waals surface area contributed by atoms with Crippen molar-refractivity contribution in [2.24, 2.45) is 0 Å². The Bertz CT molecular complexity index is 720. The predicted octanol–water partition coefficient (Wildman–Crippen LogP) is 5.15. The molecule has 0 N–H and O–H groups in total. The number of halogens is 1. The number of hydrogen-bond donors (Lipinski definition) is 0. The van der Waals surface area contributed by atoms with E-state index in [9.17, 15) is 0 Å². The molecule has 0 saturated carbocycles. The van der Waals surface area contributed by atoms with Gasteiger partial charge in [0, 0.05) is 16.6 Å². The van der Waals surface area contributed by atoms with Crippen LogP contribution < -0.4 is 4.74 Å². The van der Waals surface area contributed by atoms with Crippen LogP contribution in [0.1, 0.15) is 0 Å². The van der Waals surface area contributed by atoms with E-state index in [1.165, 1.54) is 0 Å². The topological polar surface area (TPSA) is 20.5 Å². The molecule has 0 radical (unpaired) electrons. The first-order valence-electron chi connectivity index (χ1n) is 5.93. The molecule has 1 heterocycles. The van der Waals surface area contributed by atoms with E-state index in [4.69, 9.17) is 9.15 Å². The molecule has 0 atom stereocenters. The molecule has 0 amide bonds. The van der Waals surface area contributed by atoms with Gasteiger partial charge < -0.3 is 4.74 Å². The number of benzene rings is 2.